The quantitative estimate of drug-likeness (QED) is 0.749. The van der Waals surface area contributed by atoms with Gasteiger partial charge in [-0.25, -0.2) is 0 Å². The van der Waals surface area contributed by atoms with E-state index in [2.05, 4.69) is 76.0 Å². The molecule has 1 fully saturated rings. The lowest BCUT2D eigenvalue weighted by atomic mass is 10.2. The number of benzene rings is 1. The Labute approximate surface area is 131 Å². The molecule has 1 aliphatic rings. The van der Waals surface area contributed by atoms with Gasteiger partial charge in [-0.3, -0.25) is 4.90 Å². The molecule has 0 amide bonds. The zero-order valence-corrected chi connectivity index (χ0v) is 15.5. The van der Waals surface area contributed by atoms with Crippen LogP contribution in [0.2, 0.25) is 18.1 Å². The maximum Gasteiger partial charge on any atom is 0.192 e. The molecule has 0 bridgehead atoms. The standard InChI is InChI=1S/C18H31NOSi/c1-15-12-17(20-21(5,6)18(2,3)4)14-19(15)13-16-10-8-7-9-11-16/h7-11,15,17H,12-14H2,1-6H3/t15-,17+/m0/s1. The van der Waals surface area contributed by atoms with Crippen molar-refractivity contribution in [2.45, 2.75) is 70.9 Å². The molecule has 118 valence electrons. The lowest BCUT2D eigenvalue weighted by Crippen LogP contribution is -2.44. The Kier molecular flexibility index (Phi) is 4.96. The van der Waals surface area contributed by atoms with Crippen molar-refractivity contribution in [3.8, 4) is 0 Å². The summed E-state index contributed by atoms with van der Waals surface area (Å²) in [4.78, 5) is 2.56. The van der Waals surface area contributed by atoms with E-state index in [4.69, 9.17) is 4.43 Å². The molecule has 0 spiro atoms. The van der Waals surface area contributed by atoms with Crippen LogP contribution < -0.4 is 0 Å². The van der Waals surface area contributed by atoms with Crippen LogP contribution >= 0.6 is 0 Å². The minimum atomic E-state index is -1.65. The van der Waals surface area contributed by atoms with Crippen LogP contribution in [-0.4, -0.2) is 31.9 Å². The van der Waals surface area contributed by atoms with Crippen LogP contribution in [0.5, 0.6) is 0 Å². The maximum atomic E-state index is 6.60. The second-order valence-electron chi connectivity index (χ2n) is 8.00. The minimum Gasteiger partial charge on any atom is -0.413 e. The molecule has 1 aromatic rings. The van der Waals surface area contributed by atoms with Gasteiger partial charge in [0.2, 0.25) is 0 Å². The van der Waals surface area contributed by atoms with E-state index in [-0.39, 0.29) is 0 Å². The Balaban J connectivity index is 1.95. The van der Waals surface area contributed by atoms with Crippen molar-refractivity contribution in [3.63, 3.8) is 0 Å². The third-order valence-electron chi connectivity index (χ3n) is 5.16. The summed E-state index contributed by atoms with van der Waals surface area (Å²) in [6.07, 6.45) is 1.57. The highest BCUT2D eigenvalue weighted by molar-refractivity contribution is 6.74. The van der Waals surface area contributed by atoms with Crippen molar-refractivity contribution in [1.82, 2.24) is 4.90 Å². The van der Waals surface area contributed by atoms with E-state index in [0.29, 0.717) is 17.2 Å². The highest BCUT2D eigenvalue weighted by Crippen LogP contribution is 2.38. The van der Waals surface area contributed by atoms with Crippen LogP contribution in [0.25, 0.3) is 0 Å². The summed E-state index contributed by atoms with van der Waals surface area (Å²) < 4.78 is 6.60. The van der Waals surface area contributed by atoms with E-state index in [1.807, 2.05) is 0 Å². The Bertz CT molecular complexity index is 452. The van der Waals surface area contributed by atoms with Crippen molar-refractivity contribution in [1.29, 1.82) is 0 Å². The van der Waals surface area contributed by atoms with Crippen LogP contribution in [0.1, 0.15) is 39.7 Å². The summed E-state index contributed by atoms with van der Waals surface area (Å²) in [6.45, 7) is 16.1. The highest BCUT2D eigenvalue weighted by atomic mass is 28.4. The molecule has 0 saturated carbocycles. The van der Waals surface area contributed by atoms with Crippen LogP contribution in [0, 0.1) is 0 Å². The van der Waals surface area contributed by atoms with Gasteiger partial charge >= 0.3 is 0 Å². The summed E-state index contributed by atoms with van der Waals surface area (Å²) >= 11 is 0. The Hall–Kier alpha value is -0.643. The fourth-order valence-electron chi connectivity index (χ4n) is 2.76. The van der Waals surface area contributed by atoms with Crippen LogP contribution in [0.4, 0.5) is 0 Å². The summed E-state index contributed by atoms with van der Waals surface area (Å²) in [7, 11) is -1.65. The van der Waals surface area contributed by atoms with Crippen LogP contribution in [0.3, 0.4) is 0 Å². The molecule has 0 radical (unpaired) electrons. The molecule has 1 aromatic carbocycles. The average molecular weight is 306 g/mol. The van der Waals surface area contributed by atoms with Crippen molar-refractivity contribution in [2.24, 2.45) is 0 Å². The fourth-order valence-corrected chi connectivity index (χ4v) is 4.12. The van der Waals surface area contributed by atoms with Crippen molar-refractivity contribution in [3.05, 3.63) is 35.9 Å². The van der Waals surface area contributed by atoms with E-state index in [9.17, 15) is 0 Å². The molecular weight excluding hydrogens is 274 g/mol. The SMILES string of the molecule is C[C@H]1C[C@@H](O[Si](C)(C)C(C)(C)C)CN1Cc1ccccc1. The molecule has 2 atom stereocenters. The van der Waals surface area contributed by atoms with Gasteiger partial charge in [0, 0.05) is 19.1 Å². The molecule has 0 N–H and O–H groups in total. The van der Waals surface area contributed by atoms with Gasteiger partial charge in [-0.15, -0.1) is 0 Å². The van der Waals surface area contributed by atoms with Gasteiger partial charge < -0.3 is 4.43 Å². The second kappa shape index (κ2) is 6.23. The zero-order valence-electron chi connectivity index (χ0n) is 14.5. The molecular formula is C18H31NOSi. The average Bonchev–Trinajstić information content (AvgIpc) is 2.68. The molecule has 1 saturated heterocycles. The lowest BCUT2D eigenvalue weighted by Gasteiger charge is -2.38. The Morgan fingerprint density at radius 1 is 1.19 bits per heavy atom. The van der Waals surface area contributed by atoms with Gasteiger partial charge in [0.15, 0.2) is 8.32 Å². The smallest absolute Gasteiger partial charge is 0.192 e. The summed E-state index contributed by atoms with van der Waals surface area (Å²) in [5, 5.41) is 0.295. The third kappa shape index (κ3) is 4.18. The predicted octanol–water partition coefficient (Wildman–Crippen LogP) is 4.67. The molecule has 2 rings (SSSR count). The van der Waals surface area contributed by atoms with E-state index >= 15 is 0 Å². The lowest BCUT2D eigenvalue weighted by molar-refractivity contribution is 0.178. The van der Waals surface area contributed by atoms with Gasteiger partial charge in [-0.2, -0.15) is 0 Å². The number of likely N-dealkylation sites (tertiary alicyclic amines) is 1. The molecule has 1 aliphatic heterocycles. The topological polar surface area (TPSA) is 12.5 Å². The van der Waals surface area contributed by atoms with Crippen molar-refractivity contribution < 1.29 is 4.43 Å². The van der Waals surface area contributed by atoms with Gasteiger partial charge in [0.05, 0.1) is 6.10 Å². The molecule has 3 heteroatoms. The zero-order chi connectivity index (χ0) is 15.7. The van der Waals surface area contributed by atoms with Gasteiger partial charge in [0.25, 0.3) is 0 Å². The summed E-state index contributed by atoms with van der Waals surface area (Å²) in [5.74, 6) is 0. The maximum absolute atomic E-state index is 6.60. The van der Waals surface area contributed by atoms with E-state index < -0.39 is 8.32 Å². The normalized spacial score (nSPS) is 24.5. The monoisotopic (exact) mass is 305 g/mol. The van der Waals surface area contributed by atoms with E-state index in [1.165, 1.54) is 12.0 Å². The van der Waals surface area contributed by atoms with Gasteiger partial charge in [-0.1, -0.05) is 51.1 Å². The van der Waals surface area contributed by atoms with Crippen molar-refractivity contribution in [2.75, 3.05) is 6.54 Å². The highest BCUT2D eigenvalue weighted by Gasteiger charge is 2.41. The number of hydrogen-bond acceptors (Lipinski definition) is 2. The van der Waals surface area contributed by atoms with Crippen LogP contribution in [0.15, 0.2) is 30.3 Å². The first kappa shape index (κ1) is 16.7. The fraction of sp³-hybridized carbons (Fsp3) is 0.667. The van der Waals surface area contributed by atoms with Crippen LogP contribution in [-0.2, 0) is 11.0 Å². The Morgan fingerprint density at radius 2 is 1.81 bits per heavy atom. The molecule has 0 unspecified atom stereocenters. The number of nitrogens with zero attached hydrogens (tertiary/aromatic N) is 1. The third-order valence-corrected chi connectivity index (χ3v) is 9.70. The Morgan fingerprint density at radius 3 is 2.38 bits per heavy atom. The van der Waals surface area contributed by atoms with Crippen molar-refractivity contribution >= 4 is 8.32 Å². The first-order valence-corrected chi connectivity index (χ1v) is 11.1. The first-order valence-electron chi connectivity index (χ1n) is 8.15. The summed E-state index contributed by atoms with van der Waals surface area (Å²) in [5.41, 5.74) is 1.40. The molecule has 0 aliphatic carbocycles. The van der Waals surface area contributed by atoms with Gasteiger partial charge in [-0.05, 0) is 37.0 Å². The molecule has 0 aromatic heterocycles. The number of rotatable bonds is 4. The largest absolute Gasteiger partial charge is 0.413 e. The first-order chi connectivity index (χ1) is 9.69. The van der Waals surface area contributed by atoms with Gasteiger partial charge in [0.1, 0.15) is 0 Å². The second-order valence-corrected chi connectivity index (χ2v) is 12.8. The van der Waals surface area contributed by atoms with E-state index in [0.717, 1.165) is 13.1 Å². The molecule has 21 heavy (non-hydrogen) atoms. The minimum absolute atomic E-state index is 0.295. The van der Waals surface area contributed by atoms with E-state index in [1.54, 1.807) is 0 Å². The molecule has 1 heterocycles. The summed E-state index contributed by atoms with van der Waals surface area (Å²) in [6, 6.07) is 11.4. The molecule has 2 nitrogen and oxygen atoms in total. The predicted molar refractivity (Wildman–Crippen MR) is 93.0 cm³/mol. The number of hydrogen-bond donors (Lipinski definition) is 0.